The standard InChI is InChI=1S/C17H13NO3.C3H8/c1-21-17(20)15-12-9-5-6-10-13(12)18-16(19)14(15)11-7-3-2-4-8-11;1-3-2/h2-10H,1H3,(H,18,19);3H2,1-2H3. The third-order valence-electron chi connectivity index (χ3n) is 3.37. The van der Waals surface area contributed by atoms with Crippen molar-refractivity contribution in [2.75, 3.05) is 7.11 Å². The zero-order chi connectivity index (χ0) is 17.5. The Kier molecular flexibility index (Phi) is 5.90. The Bertz CT molecular complexity index is 882. The van der Waals surface area contributed by atoms with Gasteiger partial charge < -0.3 is 9.72 Å². The van der Waals surface area contributed by atoms with Gasteiger partial charge in [0, 0.05) is 10.9 Å². The third kappa shape index (κ3) is 3.54. The molecule has 3 rings (SSSR count). The van der Waals surface area contributed by atoms with Gasteiger partial charge >= 0.3 is 5.97 Å². The number of hydrogen-bond acceptors (Lipinski definition) is 3. The van der Waals surface area contributed by atoms with E-state index >= 15 is 0 Å². The number of carbonyl (C=O) groups is 1. The predicted molar refractivity (Wildman–Crippen MR) is 97.3 cm³/mol. The summed E-state index contributed by atoms with van der Waals surface area (Å²) in [7, 11) is 1.31. The summed E-state index contributed by atoms with van der Waals surface area (Å²) >= 11 is 0. The van der Waals surface area contributed by atoms with E-state index in [1.165, 1.54) is 13.5 Å². The van der Waals surface area contributed by atoms with Crippen molar-refractivity contribution in [3.8, 4) is 11.1 Å². The van der Waals surface area contributed by atoms with Gasteiger partial charge in [-0.3, -0.25) is 4.79 Å². The Morgan fingerprint density at radius 3 is 2.21 bits per heavy atom. The average Bonchev–Trinajstić information content (AvgIpc) is 2.61. The van der Waals surface area contributed by atoms with Crippen LogP contribution >= 0.6 is 0 Å². The second kappa shape index (κ2) is 8.11. The Morgan fingerprint density at radius 2 is 1.58 bits per heavy atom. The lowest BCUT2D eigenvalue weighted by Gasteiger charge is -2.10. The van der Waals surface area contributed by atoms with Gasteiger partial charge in [-0.05, 0) is 11.6 Å². The molecule has 1 aromatic heterocycles. The van der Waals surface area contributed by atoms with Gasteiger partial charge in [-0.1, -0.05) is 68.8 Å². The summed E-state index contributed by atoms with van der Waals surface area (Å²) in [5.74, 6) is -0.517. The van der Waals surface area contributed by atoms with E-state index in [0.29, 0.717) is 27.6 Å². The second-order valence-electron chi connectivity index (χ2n) is 5.31. The molecule has 0 amide bonds. The van der Waals surface area contributed by atoms with E-state index in [1.807, 2.05) is 30.3 Å². The first-order valence-corrected chi connectivity index (χ1v) is 7.92. The van der Waals surface area contributed by atoms with E-state index in [9.17, 15) is 9.59 Å². The van der Waals surface area contributed by atoms with Gasteiger partial charge in [-0.15, -0.1) is 0 Å². The molecule has 0 atom stereocenters. The van der Waals surface area contributed by atoms with Crippen LogP contribution in [0.4, 0.5) is 0 Å². The van der Waals surface area contributed by atoms with Gasteiger partial charge in [-0.25, -0.2) is 4.79 Å². The normalized spacial score (nSPS) is 9.96. The fraction of sp³-hybridized carbons (Fsp3) is 0.200. The molecular weight excluding hydrogens is 302 g/mol. The minimum Gasteiger partial charge on any atom is -0.465 e. The summed E-state index contributed by atoms with van der Waals surface area (Å²) < 4.78 is 4.87. The van der Waals surface area contributed by atoms with Gasteiger partial charge in [0.2, 0.25) is 0 Å². The molecule has 24 heavy (non-hydrogen) atoms. The van der Waals surface area contributed by atoms with E-state index in [4.69, 9.17) is 4.74 Å². The Balaban J connectivity index is 0.000000647. The molecule has 0 unspecified atom stereocenters. The molecule has 2 aromatic carbocycles. The van der Waals surface area contributed by atoms with Crippen molar-refractivity contribution in [3.63, 3.8) is 0 Å². The summed E-state index contributed by atoms with van der Waals surface area (Å²) in [6.45, 7) is 4.25. The van der Waals surface area contributed by atoms with E-state index in [-0.39, 0.29) is 5.56 Å². The van der Waals surface area contributed by atoms with Gasteiger partial charge in [0.05, 0.1) is 18.2 Å². The third-order valence-corrected chi connectivity index (χ3v) is 3.37. The molecule has 1 N–H and O–H groups in total. The number of para-hydroxylation sites is 1. The summed E-state index contributed by atoms with van der Waals surface area (Å²) in [5, 5.41) is 0.669. The quantitative estimate of drug-likeness (QED) is 0.711. The summed E-state index contributed by atoms with van der Waals surface area (Å²) in [5.41, 5.74) is 1.62. The number of methoxy groups -OCH3 is 1. The molecule has 0 aliphatic rings. The number of fused-ring (bicyclic) bond motifs is 1. The van der Waals surface area contributed by atoms with E-state index in [2.05, 4.69) is 18.8 Å². The van der Waals surface area contributed by atoms with Crippen LogP contribution in [0.5, 0.6) is 0 Å². The van der Waals surface area contributed by atoms with Crippen LogP contribution in [0.25, 0.3) is 22.0 Å². The first kappa shape index (κ1) is 17.5. The summed E-state index contributed by atoms with van der Waals surface area (Å²) in [6.07, 6.45) is 1.25. The number of aromatic nitrogens is 1. The highest BCUT2D eigenvalue weighted by Crippen LogP contribution is 2.26. The number of rotatable bonds is 2. The van der Waals surface area contributed by atoms with E-state index in [1.54, 1.807) is 24.3 Å². The largest absolute Gasteiger partial charge is 0.465 e. The highest BCUT2D eigenvalue weighted by molar-refractivity contribution is 6.08. The van der Waals surface area contributed by atoms with Crippen molar-refractivity contribution in [2.24, 2.45) is 0 Å². The molecule has 0 saturated heterocycles. The van der Waals surface area contributed by atoms with Gasteiger partial charge in [0.1, 0.15) is 0 Å². The average molecular weight is 323 g/mol. The van der Waals surface area contributed by atoms with Crippen molar-refractivity contribution in [2.45, 2.75) is 20.3 Å². The molecule has 0 radical (unpaired) electrons. The number of aromatic amines is 1. The number of esters is 1. The first-order valence-electron chi connectivity index (χ1n) is 7.92. The second-order valence-corrected chi connectivity index (χ2v) is 5.31. The van der Waals surface area contributed by atoms with E-state index < -0.39 is 5.97 Å². The van der Waals surface area contributed by atoms with Crippen LogP contribution < -0.4 is 5.56 Å². The SMILES string of the molecule is CCC.COC(=O)c1c(-c2ccccc2)c(=O)[nH]c2ccccc12. The predicted octanol–water partition coefficient (Wildman–Crippen LogP) is 4.40. The molecule has 1 heterocycles. The molecular formula is C20H21NO3. The maximum Gasteiger partial charge on any atom is 0.339 e. The van der Waals surface area contributed by atoms with Gasteiger partial charge in [-0.2, -0.15) is 0 Å². The zero-order valence-electron chi connectivity index (χ0n) is 14.1. The Labute approximate surface area is 141 Å². The molecule has 0 spiro atoms. The number of nitrogens with one attached hydrogen (secondary N) is 1. The molecule has 4 heteroatoms. The van der Waals surface area contributed by atoms with Crippen molar-refractivity contribution in [3.05, 3.63) is 70.5 Å². The maximum atomic E-state index is 12.4. The lowest BCUT2D eigenvalue weighted by atomic mass is 9.97. The van der Waals surface area contributed by atoms with Crippen LogP contribution in [-0.2, 0) is 4.74 Å². The highest BCUT2D eigenvalue weighted by Gasteiger charge is 2.20. The topological polar surface area (TPSA) is 59.2 Å². The number of pyridine rings is 1. The molecule has 4 nitrogen and oxygen atoms in total. The Morgan fingerprint density at radius 1 is 1.00 bits per heavy atom. The molecule has 0 aliphatic carbocycles. The van der Waals surface area contributed by atoms with Crippen molar-refractivity contribution >= 4 is 16.9 Å². The zero-order valence-corrected chi connectivity index (χ0v) is 14.1. The first-order chi connectivity index (χ1) is 11.6. The lowest BCUT2D eigenvalue weighted by Crippen LogP contribution is -2.16. The highest BCUT2D eigenvalue weighted by atomic mass is 16.5. The van der Waals surface area contributed by atoms with Crippen LogP contribution in [0.1, 0.15) is 30.6 Å². The molecule has 0 aliphatic heterocycles. The number of H-pyrrole nitrogens is 1. The van der Waals surface area contributed by atoms with E-state index in [0.717, 1.165) is 0 Å². The number of benzene rings is 2. The van der Waals surface area contributed by atoms with Gasteiger partial charge in [0.15, 0.2) is 0 Å². The molecule has 124 valence electrons. The van der Waals surface area contributed by atoms with Crippen LogP contribution in [0.15, 0.2) is 59.4 Å². The molecule has 3 aromatic rings. The summed E-state index contributed by atoms with van der Waals surface area (Å²) in [6, 6.07) is 16.3. The molecule has 0 saturated carbocycles. The minimum absolute atomic E-state index is 0.294. The monoisotopic (exact) mass is 323 g/mol. The van der Waals surface area contributed by atoms with Crippen LogP contribution in [0.2, 0.25) is 0 Å². The van der Waals surface area contributed by atoms with Crippen molar-refractivity contribution in [1.82, 2.24) is 4.98 Å². The van der Waals surface area contributed by atoms with Gasteiger partial charge in [0.25, 0.3) is 5.56 Å². The summed E-state index contributed by atoms with van der Waals surface area (Å²) in [4.78, 5) is 27.4. The maximum absolute atomic E-state index is 12.4. The lowest BCUT2D eigenvalue weighted by molar-refractivity contribution is 0.0603. The smallest absolute Gasteiger partial charge is 0.339 e. The van der Waals surface area contributed by atoms with Crippen LogP contribution in [0.3, 0.4) is 0 Å². The number of hydrogen-bond donors (Lipinski definition) is 1. The minimum atomic E-state index is -0.517. The van der Waals surface area contributed by atoms with Crippen LogP contribution in [-0.4, -0.2) is 18.1 Å². The molecule has 0 fully saturated rings. The molecule has 0 bridgehead atoms. The van der Waals surface area contributed by atoms with Crippen molar-refractivity contribution in [1.29, 1.82) is 0 Å². The van der Waals surface area contributed by atoms with Crippen molar-refractivity contribution < 1.29 is 9.53 Å². The fourth-order valence-corrected chi connectivity index (χ4v) is 2.44. The number of carbonyl (C=O) groups excluding carboxylic acids is 1. The fourth-order valence-electron chi connectivity index (χ4n) is 2.44. The van der Waals surface area contributed by atoms with Crippen LogP contribution in [0, 0.1) is 0 Å². The number of ether oxygens (including phenoxy) is 1. The Hall–Kier alpha value is -2.88.